The highest BCUT2D eigenvalue weighted by Gasteiger charge is 2.14. The maximum atomic E-state index is 14.2. The molecule has 3 heterocycles. The fourth-order valence-electron chi connectivity index (χ4n) is 2.54. The Morgan fingerprint density at radius 3 is 2.60 bits per heavy atom. The van der Waals surface area contributed by atoms with Crippen LogP contribution in [0.2, 0.25) is 0 Å². The zero-order valence-corrected chi connectivity index (χ0v) is 12.9. The minimum atomic E-state index is -0.581. The molecule has 1 aromatic carbocycles. The maximum absolute atomic E-state index is 14.2. The summed E-state index contributed by atoms with van der Waals surface area (Å²) in [6, 6.07) is 12.4. The predicted octanol–water partition coefficient (Wildman–Crippen LogP) is 4.74. The molecule has 0 aliphatic carbocycles. The first kappa shape index (κ1) is 15.1. The van der Waals surface area contributed by atoms with Crippen molar-refractivity contribution >= 4 is 0 Å². The Hall–Kier alpha value is -3.41. The van der Waals surface area contributed by atoms with Gasteiger partial charge in [0.2, 0.25) is 0 Å². The number of rotatable bonds is 3. The van der Waals surface area contributed by atoms with E-state index in [4.69, 9.17) is 4.42 Å². The lowest BCUT2D eigenvalue weighted by Gasteiger charge is -2.08. The Bertz CT molecular complexity index is 1030. The lowest BCUT2D eigenvalue weighted by molar-refractivity contribution is 0.579. The van der Waals surface area contributed by atoms with Gasteiger partial charge in [0.05, 0.1) is 12.5 Å². The van der Waals surface area contributed by atoms with Gasteiger partial charge < -0.3 is 4.42 Å². The summed E-state index contributed by atoms with van der Waals surface area (Å²) in [5.41, 5.74) is 1.99. The molecule has 0 saturated heterocycles. The Morgan fingerprint density at radius 2 is 1.80 bits per heavy atom. The number of aromatic nitrogens is 3. The van der Waals surface area contributed by atoms with Crippen molar-refractivity contribution in [3.05, 3.63) is 78.8 Å². The number of halogens is 2. The van der Waals surface area contributed by atoms with Gasteiger partial charge >= 0.3 is 0 Å². The fraction of sp³-hybridized carbons (Fsp3) is 0. The molecule has 25 heavy (non-hydrogen) atoms. The van der Waals surface area contributed by atoms with E-state index in [1.807, 2.05) is 0 Å². The monoisotopic (exact) mass is 335 g/mol. The third-order valence-corrected chi connectivity index (χ3v) is 3.74. The van der Waals surface area contributed by atoms with E-state index in [1.165, 1.54) is 24.4 Å². The van der Waals surface area contributed by atoms with Gasteiger partial charge in [0.1, 0.15) is 23.0 Å². The van der Waals surface area contributed by atoms with Crippen LogP contribution < -0.4 is 0 Å². The summed E-state index contributed by atoms with van der Waals surface area (Å²) in [7, 11) is 0. The first-order valence-corrected chi connectivity index (χ1v) is 7.50. The fourth-order valence-corrected chi connectivity index (χ4v) is 2.54. The molecule has 0 N–H and O–H groups in total. The van der Waals surface area contributed by atoms with Gasteiger partial charge in [0.15, 0.2) is 5.76 Å². The van der Waals surface area contributed by atoms with Crippen LogP contribution in [0.3, 0.4) is 0 Å². The topological polar surface area (TPSA) is 51.8 Å². The highest BCUT2D eigenvalue weighted by atomic mass is 19.1. The average molecular weight is 335 g/mol. The van der Waals surface area contributed by atoms with Crippen LogP contribution in [0.15, 0.2) is 71.6 Å². The zero-order valence-electron chi connectivity index (χ0n) is 12.9. The summed E-state index contributed by atoms with van der Waals surface area (Å²) < 4.78 is 33.5. The summed E-state index contributed by atoms with van der Waals surface area (Å²) in [5.74, 6) is -0.551. The van der Waals surface area contributed by atoms with Crippen LogP contribution in [0.4, 0.5) is 8.78 Å². The van der Waals surface area contributed by atoms with E-state index < -0.39 is 11.6 Å². The second-order valence-electron chi connectivity index (χ2n) is 5.34. The van der Waals surface area contributed by atoms with Crippen molar-refractivity contribution < 1.29 is 13.2 Å². The van der Waals surface area contributed by atoms with E-state index in [-0.39, 0.29) is 11.3 Å². The number of furan rings is 1. The van der Waals surface area contributed by atoms with E-state index >= 15 is 0 Å². The molecule has 4 rings (SSSR count). The summed E-state index contributed by atoms with van der Waals surface area (Å²) in [5, 5.41) is 8.00. The van der Waals surface area contributed by atoms with Crippen molar-refractivity contribution in [1.29, 1.82) is 0 Å². The van der Waals surface area contributed by atoms with E-state index in [1.54, 1.807) is 42.8 Å². The Kier molecular flexibility index (Phi) is 3.78. The Labute approximate surface area is 141 Å². The molecule has 0 radical (unpaired) electrons. The first-order valence-electron chi connectivity index (χ1n) is 7.50. The second-order valence-corrected chi connectivity index (χ2v) is 5.34. The highest BCUT2D eigenvalue weighted by Crippen LogP contribution is 2.30. The van der Waals surface area contributed by atoms with Gasteiger partial charge in [0, 0.05) is 17.3 Å². The van der Waals surface area contributed by atoms with Gasteiger partial charge in [-0.1, -0.05) is 6.07 Å². The normalized spacial score (nSPS) is 10.8. The molecule has 4 nitrogen and oxygen atoms in total. The van der Waals surface area contributed by atoms with Crippen LogP contribution in [0.5, 0.6) is 0 Å². The summed E-state index contributed by atoms with van der Waals surface area (Å²) in [6.45, 7) is 0. The molecule has 0 saturated carbocycles. The van der Waals surface area contributed by atoms with Gasteiger partial charge in [-0.25, -0.2) is 8.78 Å². The van der Waals surface area contributed by atoms with Crippen molar-refractivity contribution in [2.45, 2.75) is 0 Å². The standard InChI is InChI=1S/C19H11F2N3O/c20-15-6-5-12(9-14(15)19-16(21)3-1-7-22-19)13-10-17(24-23-11-13)18-4-2-8-25-18/h1-11H. The summed E-state index contributed by atoms with van der Waals surface area (Å²) >= 11 is 0. The van der Waals surface area contributed by atoms with Crippen LogP contribution in [0, 0.1) is 11.6 Å². The summed E-state index contributed by atoms with van der Waals surface area (Å²) in [4.78, 5) is 3.94. The van der Waals surface area contributed by atoms with Crippen molar-refractivity contribution in [3.8, 4) is 33.8 Å². The highest BCUT2D eigenvalue weighted by molar-refractivity contribution is 5.73. The molecule has 3 aromatic heterocycles. The van der Waals surface area contributed by atoms with Crippen LogP contribution in [-0.4, -0.2) is 15.2 Å². The Morgan fingerprint density at radius 1 is 0.880 bits per heavy atom. The second kappa shape index (κ2) is 6.24. The number of hydrogen-bond acceptors (Lipinski definition) is 4. The predicted molar refractivity (Wildman–Crippen MR) is 88.3 cm³/mol. The SMILES string of the molecule is Fc1ccc(-c2cnnc(-c3ccco3)c2)cc1-c1ncccc1F. The molecule has 0 fully saturated rings. The van der Waals surface area contributed by atoms with Gasteiger partial charge in [-0.3, -0.25) is 4.98 Å². The van der Waals surface area contributed by atoms with Crippen molar-refractivity contribution in [2.24, 2.45) is 0 Å². The van der Waals surface area contributed by atoms with Crippen LogP contribution >= 0.6 is 0 Å². The largest absolute Gasteiger partial charge is 0.463 e. The van der Waals surface area contributed by atoms with Gasteiger partial charge in [-0.15, -0.1) is 5.10 Å². The quantitative estimate of drug-likeness (QED) is 0.542. The molecule has 0 aliphatic rings. The Balaban J connectivity index is 1.81. The average Bonchev–Trinajstić information content (AvgIpc) is 3.18. The number of benzene rings is 1. The molecule has 122 valence electrons. The number of hydrogen-bond donors (Lipinski definition) is 0. The van der Waals surface area contributed by atoms with E-state index in [0.717, 1.165) is 0 Å². The third-order valence-electron chi connectivity index (χ3n) is 3.74. The smallest absolute Gasteiger partial charge is 0.154 e. The minimum absolute atomic E-state index is 0.0323. The number of pyridine rings is 1. The zero-order chi connectivity index (χ0) is 17.2. The molecule has 6 heteroatoms. The molecule has 4 aromatic rings. The molecule has 0 bridgehead atoms. The van der Waals surface area contributed by atoms with Gasteiger partial charge in [0.25, 0.3) is 0 Å². The van der Waals surface area contributed by atoms with Crippen LogP contribution in [0.25, 0.3) is 33.8 Å². The molecule has 0 aliphatic heterocycles. The van der Waals surface area contributed by atoms with E-state index in [2.05, 4.69) is 15.2 Å². The maximum Gasteiger partial charge on any atom is 0.154 e. The summed E-state index contributed by atoms with van der Waals surface area (Å²) in [6.07, 6.45) is 4.52. The molecule has 0 amide bonds. The van der Waals surface area contributed by atoms with Gasteiger partial charge in [-0.2, -0.15) is 5.10 Å². The van der Waals surface area contributed by atoms with E-state index in [0.29, 0.717) is 22.6 Å². The minimum Gasteiger partial charge on any atom is -0.463 e. The molecule has 0 spiro atoms. The van der Waals surface area contributed by atoms with Gasteiger partial charge in [-0.05, 0) is 48.0 Å². The lowest BCUT2D eigenvalue weighted by atomic mass is 10.0. The van der Waals surface area contributed by atoms with Crippen molar-refractivity contribution in [3.63, 3.8) is 0 Å². The number of nitrogens with zero attached hydrogens (tertiary/aromatic N) is 3. The molecule has 0 unspecified atom stereocenters. The van der Waals surface area contributed by atoms with Crippen LogP contribution in [0.1, 0.15) is 0 Å². The van der Waals surface area contributed by atoms with Crippen molar-refractivity contribution in [2.75, 3.05) is 0 Å². The third kappa shape index (κ3) is 2.89. The van der Waals surface area contributed by atoms with Crippen LogP contribution in [-0.2, 0) is 0 Å². The molecule has 0 atom stereocenters. The first-order chi connectivity index (χ1) is 12.2. The lowest BCUT2D eigenvalue weighted by Crippen LogP contribution is -1.94. The molecular weight excluding hydrogens is 324 g/mol. The van der Waals surface area contributed by atoms with Crippen molar-refractivity contribution in [1.82, 2.24) is 15.2 Å². The van der Waals surface area contributed by atoms with E-state index in [9.17, 15) is 8.78 Å². The molecular formula is C19H11F2N3O.